The van der Waals surface area contributed by atoms with Crippen LogP contribution in [0.3, 0.4) is 0 Å². The van der Waals surface area contributed by atoms with Crippen molar-refractivity contribution >= 4 is 0 Å². The van der Waals surface area contributed by atoms with E-state index in [1.165, 1.54) is 36.0 Å². The van der Waals surface area contributed by atoms with E-state index in [-0.39, 0.29) is 0 Å². The van der Waals surface area contributed by atoms with Crippen LogP contribution in [0.5, 0.6) is 0 Å². The molecule has 1 nitrogen and oxygen atoms in total. The van der Waals surface area contributed by atoms with E-state index >= 15 is 0 Å². The zero-order chi connectivity index (χ0) is 11.3. The molecule has 1 atom stereocenters. The van der Waals surface area contributed by atoms with Gasteiger partial charge in [0.05, 0.1) is 0 Å². The molecule has 0 fully saturated rings. The Bertz CT molecular complexity index is 300. The van der Waals surface area contributed by atoms with Gasteiger partial charge in [-0.3, -0.25) is 0 Å². The lowest BCUT2D eigenvalue weighted by atomic mass is 9.97. The molecule has 1 unspecified atom stereocenters. The molecule has 0 aliphatic carbocycles. The van der Waals surface area contributed by atoms with Gasteiger partial charge in [0.15, 0.2) is 0 Å². The van der Waals surface area contributed by atoms with Crippen LogP contribution in [-0.4, -0.2) is 13.1 Å². The number of aryl methyl sites for hydroxylation is 2. The Morgan fingerprint density at radius 1 is 1.27 bits per heavy atom. The Kier molecular flexibility index (Phi) is 4.83. The van der Waals surface area contributed by atoms with Gasteiger partial charge in [0.25, 0.3) is 0 Å². The maximum Gasteiger partial charge on any atom is 0.00646 e. The van der Waals surface area contributed by atoms with Gasteiger partial charge in [-0.2, -0.15) is 0 Å². The molecular weight excluding hydrogens is 182 g/mol. The van der Waals surface area contributed by atoms with Crippen molar-refractivity contribution in [3.63, 3.8) is 0 Å². The van der Waals surface area contributed by atoms with Gasteiger partial charge in [-0.15, -0.1) is 0 Å². The SMILES string of the molecule is CCC(CCc1cccc(C)c1C)NC. The largest absolute Gasteiger partial charge is 0.317 e. The average Bonchev–Trinajstić information content (AvgIpc) is 2.25. The van der Waals surface area contributed by atoms with Crippen LogP contribution in [0.15, 0.2) is 18.2 Å². The van der Waals surface area contributed by atoms with E-state index in [4.69, 9.17) is 0 Å². The van der Waals surface area contributed by atoms with Crippen molar-refractivity contribution in [1.82, 2.24) is 5.32 Å². The molecule has 0 spiro atoms. The monoisotopic (exact) mass is 205 g/mol. The molecule has 1 aromatic carbocycles. The summed E-state index contributed by atoms with van der Waals surface area (Å²) in [6.45, 7) is 6.66. The van der Waals surface area contributed by atoms with E-state index in [0.717, 1.165) is 0 Å². The van der Waals surface area contributed by atoms with Crippen LogP contribution in [0.1, 0.15) is 36.5 Å². The maximum atomic E-state index is 3.36. The molecule has 0 amide bonds. The first-order chi connectivity index (χ1) is 7.19. The molecule has 0 radical (unpaired) electrons. The number of benzene rings is 1. The molecule has 84 valence electrons. The minimum atomic E-state index is 0.657. The van der Waals surface area contributed by atoms with E-state index in [1.807, 2.05) is 0 Å². The zero-order valence-electron chi connectivity index (χ0n) is 10.4. The fraction of sp³-hybridized carbons (Fsp3) is 0.571. The van der Waals surface area contributed by atoms with Crippen molar-refractivity contribution in [2.45, 2.75) is 46.1 Å². The Balaban J connectivity index is 2.61. The molecule has 0 saturated heterocycles. The van der Waals surface area contributed by atoms with Crippen molar-refractivity contribution in [1.29, 1.82) is 0 Å². The van der Waals surface area contributed by atoms with Gasteiger partial charge in [-0.05, 0) is 56.8 Å². The van der Waals surface area contributed by atoms with E-state index in [1.54, 1.807) is 0 Å². The lowest BCUT2D eigenvalue weighted by Crippen LogP contribution is -2.24. The van der Waals surface area contributed by atoms with Crippen LogP contribution in [0.4, 0.5) is 0 Å². The van der Waals surface area contributed by atoms with E-state index in [0.29, 0.717) is 6.04 Å². The summed E-state index contributed by atoms with van der Waals surface area (Å²) in [5, 5.41) is 3.36. The minimum absolute atomic E-state index is 0.657. The number of hydrogen-bond donors (Lipinski definition) is 1. The van der Waals surface area contributed by atoms with Gasteiger partial charge in [-0.25, -0.2) is 0 Å². The van der Waals surface area contributed by atoms with Gasteiger partial charge in [0.2, 0.25) is 0 Å². The van der Waals surface area contributed by atoms with E-state index in [2.05, 4.69) is 51.3 Å². The molecule has 0 aliphatic rings. The zero-order valence-corrected chi connectivity index (χ0v) is 10.4. The Labute approximate surface area is 93.9 Å². The van der Waals surface area contributed by atoms with Gasteiger partial charge < -0.3 is 5.32 Å². The summed E-state index contributed by atoms with van der Waals surface area (Å²) in [6, 6.07) is 7.27. The minimum Gasteiger partial charge on any atom is -0.317 e. The highest BCUT2D eigenvalue weighted by Gasteiger charge is 2.05. The highest BCUT2D eigenvalue weighted by molar-refractivity contribution is 5.33. The normalized spacial score (nSPS) is 12.8. The molecule has 0 aromatic heterocycles. The van der Waals surface area contributed by atoms with Gasteiger partial charge in [-0.1, -0.05) is 25.1 Å². The standard InChI is InChI=1S/C14H23N/c1-5-14(15-4)10-9-13-8-6-7-11(2)12(13)3/h6-8,14-15H,5,9-10H2,1-4H3. The molecule has 0 aliphatic heterocycles. The van der Waals surface area contributed by atoms with Crippen molar-refractivity contribution in [3.8, 4) is 0 Å². The molecule has 0 bridgehead atoms. The van der Waals surface area contributed by atoms with Crippen molar-refractivity contribution in [2.24, 2.45) is 0 Å². The van der Waals surface area contributed by atoms with E-state index < -0.39 is 0 Å². The van der Waals surface area contributed by atoms with Gasteiger partial charge in [0, 0.05) is 6.04 Å². The summed E-state index contributed by atoms with van der Waals surface area (Å²) in [5.74, 6) is 0. The Morgan fingerprint density at radius 2 is 2.00 bits per heavy atom. The van der Waals surface area contributed by atoms with Crippen LogP contribution in [0.2, 0.25) is 0 Å². The molecule has 1 N–H and O–H groups in total. The summed E-state index contributed by atoms with van der Waals surface area (Å²) < 4.78 is 0. The van der Waals surface area contributed by atoms with Crippen molar-refractivity contribution in [2.75, 3.05) is 7.05 Å². The second-order valence-electron chi connectivity index (χ2n) is 4.29. The maximum absolute atomic E-state index is 3.36. The third kappa shape index (κ3) is 3.35. The second-order valence-corrected chi connectivity index (χ2v) is 4.29. The molecule has 0 heterocycles. The summed E-state index contributed by atoms with van der Waals surface area (Å²) in [7, 11) is 2.05. The molecular formula is C14H23N. The molecule has 1 heteroatoms. The van der Waals surface area contributed by atoms with Crippen molar-refractivity contribution in [3.05, 3.63) is 34.9 Å². The number of hydrogen-bond acceptors (Lipinski definition) is 1. The first-order valence-electron chi connectivity index (χ1n) is 5.91. The van der Waals surface area contributed by atoms with Crippen LogP contribution in [0.25, 0.3) is 0 Å². The molecule has 15 heavy (non-hydrogen) atoms. The first-order valence-corrected chi connectivity index (χ1v) is 5.91. The fourth-order valence-electron chi connectivity index (χ4n) is 1.97. The van der Waals surface area contributed by atoms with E-state index in [9.17, 15) is 0 Å². The highest BCUT2D eigenvalue weighted by atomic mass is 14.9. The highest BCUT2D eigenvalue weighted by Crippen LogP contribution is 2.15. The third-order valence-electron chi connectivity index (χ3n) is 3.38. The Hall–Kier alpha value is -0.820. The predicted octanol–water partition coefficient (Wildman–Crippen LogP) is 3.23. The summed E-state index contributed by atoms with van der Waals surface area (Å²) >= 11 is 0. The fourth-order valence-corrected chi connectivity index (χ4v) is 1.97. The quantitative estimate of drug-likeness (QED) is 0.778. The van der Waals surface area contributed by atoms with Crippen LogP contribution >= 0.6 is 0 Å². The summed E-state index contributed by atoms with van der Waals surface area (Å²) in [4.78, 5) is 0. The van der Waals surface area contributed by atoms with Crippen molar-refractivity contribution < 1.29 is 0 Å². The second kappa shape index (κ2) is 5.92. The smallest absolute Gasteiger partial charge is 0.00646 e. The molecule has 0 saturated carbocycles. The van der Waals surface area contributed by atoms with Crippen LogP contribution < -0.4 is 5.32 Å². The number of nitrogens with one attached hydrogen (secondary N) is 1. The number of rotatable bonds is 5. The summed E-state index contributed by atoms with van der Waals surface area (Å²) in [6.07, 6.45) is 3.63. The topological polar surface area (TPSA) is 12.0 Å². The van der Waals surface area contributed by atoms with Crippen LogP contribution in [0, 0.1) is 13.8 Å². The predicted molar refractivity (Wildman–Crippen MR) is 67.4 cm³/mol. The average molecular weight is 205 g/mol. The van der Waals surface area contributed by atoms with Gasteiger partial charge >= 0.3 is 0 Å². The molecule has 1 aromatic rings. The Morgan fingerprint density at radius 3 is 2.60 bits per heavy atom. The third-order valence-corrected chi connectivity index (χ3v) is 3.38. The first kappa shape index (κ1) is 12.3. The van der Waals surface area contributed by atoms with Gasteiger partial charge in [0.1, 0.15) is 0 Å². The lowest BCUT2D eigenvalue weighted by Gasteiger charge is -2.15. The molecule has 1 rings (SSSR count). The summed E-state index contributed by atoms with van der Waals surface area (Å²) in [5.41, 5.74) is 4.37. The van der Waals surface area contributed by atoms with Crippen LogP contribution in [-0.2, 0) is 6.42 Å². The lowest BCUT2D eigenvalue weighted by molar-refractivity contribution is 0.508.